The number of methoxy groups -OCH3 is 3. The second kappa shape index (κ2) is 8.42. The predicted molar refractivity (Wildman–Crippen MR) is 109 cm³/mol. The molecule has 1 unspecified atom stereocenters. The summed E-state index contributed by atoms with van der Waals surface area (Å²) in [4.78, 5) is 35.8. The number of hydrogen-bond donors (Lipinski definition) is 1. The Morgan fingerprint density at radius 2 is 1.79 bits per heavy atom. The molecule has 1 aliphatic heterocycles. The minimum Gasteiger partial charge on any atom is -0.493 e. The number of nitrogens with zero attached hydrogens (tertiary/aromatic N) is 3. The molecule has 0 bridgehead atoms. The van der Waals surface area contributed by atoms with Crippen LogP contribution in [0, 0.1) is 0 Å². The molecule has 0 aliphatic carbocycles. The summed E-state index contributed by atoms with van der Waals surface area (Å²) in [7, 11) is 8.17. The van der Waals surface area contributed by atoms with Crippen LogP contribution in [-0.4, -0.2) is 69.3 Å². The zero-order valence-electron chi connectivity index (χ0n) is 17.3. The lowest BCUT2D eigenvalue weighted by atomic mass is 10.0. The van der Waals surface area contributed by atoms with E-state index in [9.17, 15) is 9.59 Å². The summed E-state index contributed by atoms with van der Waals surface area (Å²) in [5.41, 5.74) is 0.943. The summed E-state index contributed by atoms with van der Waals surface area (Å²) in [5.74, 6) is 1.67. The molecule has 1 amide bonds. The van der Waals surface area contributed by atoms with Crippen LogP contribution in [0.15, 0.2) is 23.0 Å². The van der Waals surface area contributed by atoms with Gasteiger partial charge in [0, 0.05) is 44.7 Å². The third kappa shape index (κ3) is 4.13. The Morgan fingerprint density at radius 1 is 1.14 bits per heavy atom. The molecule has 0 saturated carbocycles. The molecule has 1 fully saturated rings. The summed E-state index contributed by atoms with van der Waals surface area (Å²) in [6, 6.07) is 4.80. The van der Waals surface area contributed by atoms with Gasteiger partial charge in [0.1, 0.15) is 0 Å². The van der Waals surface area contributed by atoms with E-state index in [0.29, 0.717) is 47.5 Å². The summed E-state index contributed by atoms with van der Waals surface area (Å²) < 4.78 is 16.0. The van der Waals surface area contributed by atoms with Crippen molar-refractivity contribution in [2.45, 2.75) is 12.3 Å². The van der Waals surface area contributed by atoms with Gasteiger partial charge in [-0.3, -0.25) is 14.6 Å². The third-order valence-corrected chi connectivity index (χ3v) is 4.98. The number of likely N-dealkylation sites (tertiary alicyclic amines) is 1. The number of aromatic amines is 1. The molecule has 156 valence electrons. The summed E-state index contributed by atoms with van der Waals surface area (Å²) >= 11 is 0. The molecule has 3 rings (SSSR count). The van der Waals surface area contributed by atoms with E-state index < -0.39 is 0 Å². The van der Waals surface area contributed by atoms with Crippen LogP contribution in [0.4, 0.5) is 5.95 Å². The number of amides is 1. The molecule has 9 nitrogen and oxygen atoms in total. The van der Waals surface area contributed by atoms with Crippen molar-refractivity contribution in [1.82, 2.24) is 14.9 Å². The first-order valence-corrected chi connectivity index (χ1v) is 9.25. The number of benzene rings is 1. The Morgan fingerprint density at radius 3 is 2.34 bits per heavy atom. The van der Waals surface area contributed by atoms with Crippen molar-refractivity contribution >= 4 is 11.9 Å². The van der Waals surface area contributed by atoms with Crippen LogP contribution >= 0.6 is 0 Å². The van der Waals surface area contributed by atoms with Gasteiger partial charge in [0.2, 0.25) is 11.7 Å². The second-order valence-electron chi connectivity index (χ2n) is 7.04. The van der Waals surface area contributed by atoms with Gasteiger partial charge < -0.3 is 24.0 Å². The number of H-pyrrole nitrogens is 1. The maximum absolute atomic E-state index is 13.1. The lowest BCUT2D eigenvalue weighted by molar-refractivity contribution is 0.0790. The van der Waals surface area contributed by atoms with Crippen LogP contribution < -0.4 is 24.7 Å². The van der Waals surface area contributed by atoms with Gasteiger partial charge in [-0.25, -0.2) is 4.98 Å². The molecule has 0 spiro atoms. The Labute approximate surface area is 169 Å². The first-order valence-electron chi connectivity index (χ1n) is 9.25. The average molecular weight is 402 g/mol. The smallest absolute Gasteiger partial charge is 0.254 e. The molecule has 29 heavy (non-hydrogen) atoms. The van der Waals surface area contributed by atoms with E-state index >= 15 is 0 Å². The molecule has 9 heteroatoms. The number of anilines is 1. The number of ether oxygens (including phenoxy) is 3. The fraction of sp³-hybridized carbons (Fsp3) is 0.450. The molecular formula is C20H26N4O5. The van der Waals surface area contributed by atoms with Crippen molar-refractivity contribution in [3.8, 4) is 17.2 Å². The van der Waals surface area contributed by atoms with Crippen molar-refractivity contribution in [3.05, 3.63) is 39.8 Å². The predicted octanol–water partition coefficient (Wildman–Crippen LogP) is 1.49. The number of rotatable bonds is 6. The summed E-state index contributed by atoms with van der Waals surface area (Å²) in [6.45, 7) is 1.06. The summed E-state index contributed by atoms with van der Waals surface area (Å²) in [5, 5.41) is 0. The number of hydrogen-bond acceptors (Lipinski definition) is 7. The Balaban J connectivity index is 1.84. The van der Waals surface area contributed by atoms with Gasteiger partial charge in [-0.2, -0.15) is 0 Å². The zero-order chi connectivity index (χ0) is 21.1. The van der Waals surface area contributed by atoms with Gasteiger partial charge in [0.15, 0.2) is 11.5 Å². The SMILES string of the molecule is COc1cc(C(=O)N2CCC(c3cc(=O)[nH]c(N(C)C)n3)C2)cc(OC)c1OC. The maximum Gasteiger partial charge on any atom is 0.254 e. The highest BCUT2D eigenvalue weighted by molar-refractivity contribution is 5.96. The molecule has 1 saturated heterocycles. The third-order valence-electron chi connectivity index (χ3n) is 4.98. The van der Waals surface area contributed by atoms with Crippen LogP contribution in [0.5, 0.6) is 17.2 Å². The van der Waals surface area contributed by atoms with E-state index in [-0.39, 0.29) is 17.4 Å². The Hall–Kier alpha value is -3.23. The van der Waals surface area contributed by atoms with Gasteiger partial charge in [-0.1, -0.05) is 0 Å². The molecule has 1 aromatic carbocycles. The molecule has 1 aromatic heterocycles. The topological polar surface area (TPSA) is 97.0 Å². The Kier molecular flexibility index (Phi) is 5.95. The first-order chi connectivity index (χ1) is 13.9. The number of carbonyl (C=O) groups excluding carboxylic acids is 1. The van der Waals surface area contributed by atoms with E-state index in [4.69, 9.17) is 14.2 Å². The van der Waals surface area contributed by atoms with Crippen LogP contribution in [0.2, 0.25) is 0 Å². The minimum atomic E-state index is -0.201. The number of aromatic nitrogens is 2. The van der Waals surface area contributed by atoms with Gasteiger partial charge in [-0.05, 0) is 18.6 Å². The van der Waals surface area contributed by atoms with Crippen molar-refractivity contribution in [1.29, 1.82) is 0 Å². The molecule has 1 N–H and O–H groups in total. The van der Waals surface area contributed by atoms with E-state index in [1.54, 1.807) is 21.9 Å². The minimum absolute atomic E-state index is 0.00184. The average Bonchev–Trinajstić information content (AvgIpc) is 3.21. The highest BCUT2D eigenvalue weighted by Crippen LogP contribution is 2.39. The lowest BCUT2D eigenvalue weighted by Gasteiger charge is -2.19. The van der Waals surface area contributed by atoms with Crippen LogP contribution in [0.1, 0.15) is 28.4 Å². The molecular weight excluding hydrogens is 376 g/mol. The fourth-order valence-electron chi connectivity index (χ4n) is 3.46. The largest absolute Gasteiger partial charge is 0.493 e. The van der Waals surface area contributed by atoms with Crippen LogP contribution in [0.3, 0.4) is 0 Å². The number of nitrogens with one attached hydrogen (secondary N) is 1. The normalized spacial score (nSPS) is 15.9. The molecule has 2 aromatic rings. The highest BCUT2D eigenvalue weighted by atomic mass is 16.5. The molecule has 0 radical (unpaired) electrons. The molecule has 2 heterocycles. The lowest BCUT2D eigenvalue weighted by Crippen LogP contribution is -2.29. The van der Waals surface area contributed by atoms with Crippen molar-refractivity contribution in [2.24, 2.45) is 0 Å². The van der Waals surface area contributed by atoms with E-state index in [1.807, 2.05) is 14.1 Å². The van der Waals surface area contributed by atoms with Gasteiger partial charge >= 0.3 is 0 Å². The van der Waals surface area contributed by atoms with Crippen molar-refractivity contribution in [2.75, 3.05) is 53.4 Å². The second-order valence-corrected chi connectivity index (χ2v) is 7.04. The van der Waals surface area contributed by atoms with Crippen molar-refractivity contribution in [3.63, 3.8) is 0 Å². The van der Waals surface area contributed by atoms with E-state index in [1.165, 1.54) is 27.4 Å². The van der Waals surface area contributed by atoms with Gasteiger partial charge in [-0.15, -0.1) is 0 Å². The molecule has 1 aliphatic rings. The maximum atomic E-state index is 13.1. The van der Waals surface area contributed by atoms with Crippen LogP contribution in [0.25, 0.3) is 0 Å². The van der Waals surface area contributed by atoms with Gasteiger partial charge in [0.05, 0.1) is 27.0 Å². The summed E-state index contributed by atoms with van der Waals surface area (Å²) in [6.07, 6.45) is 0.736. The monoisotopic (exact) mass is 402 g/mol. The van der Waals surface area contributed by atoms with E-state index in [0.717, 1.165) is 6.42 Å². The standard InChI is InChI=1S/C20H26N4O5/c1-23(2)20-21-14(10-17(25)22-20)12-6-7-24(11-12)19(26)13-8-15(27-3)18(29-5)16(9-13)28-4/h8-10,12H,6-7,11H2,1-5H3,(H,21,22,25). The zero-order valence-corrected chi connectivity index (χ0v) is 17.3. The highest BCUT2D eigenvalue weighted by Gasteiger charge is 2.30. The molecule has 1 atom stereocenters. The Bertz CT molecular complexity index is 931. The van der Waals surface area contributed by atoms with Gasteiger partial charge in [0.25, 0.3) is 11.5 Å². The van der Waals surface area contributed by atoms with Crippen LogP contribution in [-0.2, 0) is 0 Å². The van der Waals surface area contributed by atoms with E-state index in [2.05, 4.69) is 9.97 Å². The fourth-order valence-corrected chi connectivity index (χ4v) is 3.46. The quantitative estimate of drug-likeness (QED) is 0.782. The van der Waals surface area contributed by atoms with Crippen molar-refractivity contribution < 1.29 is 19.0 Å². The first kappa shape index (κ1) is 20.5. The number of carbonyl (C=O) groups is 1.